The molecule has 0 aromatic heterocycles. The molecule has 0 aliphatic rings. The topological polar surface area (TPSA) is 29.3 Å². The number of benzene rings is 1. The average molecular weight is 234 g/mol. The monoisotopic (exact) mass is 234 g/mol. The molecule has 1 aromatic carbocycles. The largest absolute Gasteiger partial charge is 0.399 e. The molecule has 0 fully saturated rings. The van der Waals surface area contributed by atoms with E-state index in [0.29, 0.717) is 12.0 Å². The van der Waals surface area contributed by atoms with Crippen molar-refractivity contribution in [3.63, 3.8) is 0 Å². The van der Waals surface area contributed by atoms with Crippen LogP contribution in [0.4, 0.5) is 5.69 Å². The van der Waals surface area contributed by atoms with Gasteiger partial charge < -0.3 is 10.6 Å². The molecule has 1 rings (SSSR count). The van der Waals surface area contributed by atoms with Crippen molar-refractivity contribution in [3.8, 4) is 0 Å². The van der Waals surface area contributed by atoms with Crippen LogP contribution in [0, 0.1) is 0 Å². The minimum atomic E-state index is 0.600. The summed E-state index contributed by atoms with van der Waals surface area (Å²) in [6, 6.07) is 8.91. The Balaban J connectivity index is 2.49. The quantitative estimate of drug-likeness (QED) is 0.763. The lowest BCUT2D eigenvalue weighted by atomic mass is 9.97. The second-order valence-electron chi connectivity index (χ2n) is 5.08. The smallest absolute Gasteiger partial charge is 0.0314 e. The Morgan fingerprint density at radius 2 is 1.71 bits per heavy atom. The molecule has 0 amide bonds. The van der Waals surface area contributed by atoms with Gasteiger partial charge in [0.1, 0.15) is 0 Å². The molecule has 0 aliphatic carbocycles. The zero-order valence-electron chi connectivity index (χ0n) is 11.6. The Labute approximate surface area is 106 Å². The lowest BCUT2D eigenvalue weighted by Gasteiger charge is -2.26. The van der Waals surface area contributed by atoms with Gasteiger partial charge in [0, 0.05) is 11.7 Å². The van der Waals surface area contributed by atoms with Crippen LogP contribution < -0.4 is 5.73 Å². The molecule has 0 saturated carbocycles. The van der Waals surface area contributed by atoms with Gasteiger partial charge in [-0.1, -0.05) is 26.0 Å². The van der Waals surface area contributed by atoms with Gasteiger partial charge in [-0.25, -0.2) is 0 Å². The summed E-state index contributed by atoms with van der Waals surface area (Å²) in [4.78, 5) is 2.51. The third-order valence-corrected chi connectivity index (χ3v) is 3.49. The fourth-order valence-electron chi connectivity index (χ4n) is 2.13. The van der Waals surface area contributed by atoms with E-state index in [1.807, 2.05) is 12.1 Å². The third-order valence-electron chi connectivity index (χ3n) is 3.49. The zero-order chi connectivity index (χ0) is 12.8. The number of nitrogens with zero attached hydrogens (tertiary/aromatic N) is 1. The van der Waals surface area contributed by atoms with Crippen LogP contribution in [0.5, 0.6) is 0 Å². The van der Waals surface area contributed by atoms with Crippen molar-refractivity contribution in [2.24, 2.45) is 0 Å². The van der Waals surface area contributed by atoms with Gasteiger partial charge in [-0.2, -0.15) is 0 Å². The number of hydrogen-bond donors (Lipinski definition) is 1. The first-order valence-electron chi connectivity index (χ1n) is 6.64. The standard InChI is InChI=1S/C15H26N2/c1-5-17(12(2)3)11-10-13(4)14-6-8-15(16)9-7-14/h6-9,12-13H,5,10-11,16H2,1-4H3. The van der Waals surface area contributed by atoms with E-state index >= 15 is 0 Å². The van der Waals surface area contributed by atoms with E-state index in [1.165, 1.54) is 18.5 Å². The predicted octanol–water partition coefficient (Wildman–Crippen LogP) is 3.49. The first-order valence-corrected chi connectivity index (χ1v) is 6.64. The van der Waals surface area contributed by atoms with Crippen LogP contribution in [0.15, 0.2) is 24.3 Å². The summed E-state index contributed by atoms with van der Waals surface area (Å²) < 4.78 is 0. The summed E-state index contributed by atoms with van der Waals surface area (Å²) in [6.07, 6.45) is 1.20. The molecule has 0 radical (unpaired) electrons. The Bertz CT molecular complexity index is 316. The van der Waals surface area contributed by atoms with Crippen molar-refractivity contribution in [2.75, 3.05) is 18.8 Å². The van der Waals surface area contributed by atoms with Crippen LogP contribution in [0.1, 0.15) is 45.6 Å². The summed E-state index contributed by atoms with van der Waals surface area (Å²) >= 11 is 0. The summed E-state index contributed by atoms with van der Waals surface area (Å²) in [6.45, 7) is 11.3. The van der Waals surface area contributed by atoms with E-state index in [4.69, 9.17) is 5.73 Å². The Morgan fingerprint density at radius 3 is 2.18 bits per heavy atom. The fraction of sp³-hybridized carbons (Fsp3) is 0.600. The van der Waals surface area contributed by atoms with Gasteiger partial charge in [0.2, 0.25) is 0 Å². The second kappa shape index (κ2) is 6.65. The highest BCUT2D eigenvalue weighted by Gasteiger charge is 2.10. The molecule has 0 saturated heterocycles. The summed E-state index contributed by atoms with van der Waals surface area (Å²) in [5.41, 5.74) is 7.94. The number of nitrogen functional groups attached to an aromatic ring is 1. The molecular weight excluding hydrogens is 208 g/mol. The first-order chi connectivity index (χ1) is 8.04. The molecule has 2 nitrogen and oxygen atoms in total. The maximum absolute atomic E-state index is 5.70. The third kappa shape index (κ3) is 4.39. The number of nitrogens with two attached hydrogens (primary N) is 1. The van der Waals surface area contributed by atoms with Crippen LogP contribution >= 0.6 is 0 Å². The molecule has 0 spiro atoms. The molecule has 0 heterocycles. The summed E-state index contributed by atoms with van der Waals surface area (Å²) in [5, 5.41) is 0. The van der Waals surface area contributed by atoms with Gasteiger partial charge in [0.15, 0.2) is 0 Å². The second-order valence-corrected chi connectivity index (χ2v) is 5.08. The van der Waals surface area contributed by atoms with E-state index < -0.39 is 0 Å². The van der Waals surface area contributed by atoms with Crippen molar-refractivity contribution < 1.29 is 0 Å². The molecule has 0 aliphatic heterocycles. The van der Waals surface area contributed by atoms with E-state index in [1.54, 1.807) is 0 Å². The summed E-state index contributed by atoms with van der Waals surface area (Å²) in [5.74, 6) is 0.600. The minimum absolute atomic E-state index is 0.600. The van der Waals surface area contributed by atoms with E-state index in [2.05, 4.69) is 44.7 Å². The normalized spacial score (nSPS) is 13.3. The maximum atomic E-state index is 5.70. The van der Waals surface area contributed by atoms with Gasteiger partial charge in [-0.3, -0.25) is 0 Å². The Kier molecular flexibility index (Phi) is 5.49. The van der Waals surface area contributed by atoms with Gasteiger partial charge in [0.05, 0.1) is 0 Å². The van der Waals surface area contributed by atoms with Crippen molar-refractivity contribution in [3.05, 3.63) is 29.8 Å². The van der Waals surface area contributed by atoms with Crippen molar-refractivity contribution in [1.82, 2.24) is 4.90 Å². The van der Waals surface area contributed by atoms with E-state index in [0.717, 1.165) is 12.2 Å². The van der Waals surface area contributed by atoms with Crippen molar-refractivity contribution in [2.45, 2.75) is 46.1 Å². The van der Waals surface area contributed by atoms with E-state index in [-0.39, 0.29) is 0 Å². The van der Waals surface area contributed by atoms with Crippen LogP contribution in [0.2, 0.25) is 0 Å². The van der Waals surface area contributed by atoms with Gasteiger partial charge in [-0.05, 0) is 57.0 Å². The number of rotatable bonds is 6. The Morgan fingerprint density at radius 1 is 1.12 bits per heavy atom. The minimum Gasteiger partial charge on any atom is -0.399 e. The molecule has 1 aromatic rings. The molecule has 1 atom stereocenters. The van der Waals surface area contributed by atoms with E-state index in [9.17, 15) is 0 Å². The number of hydrogen-bond acceptors (Lipinski definition) is 2. The fourth-order valence-corrected chi connectivity index (χ4v) is 2.13. The maximum Gasteiger partial charge on any atom is 0.0314 e. The van der Waals surface area contributed by atoms with Gasteiger partial charge in [0.25, 0.3) is 0 Å². The molecule has 96 valence electrons. The highest BCUT2D eigenvalue weighted by Crippen LogP contribution is 2.20. The Hall–Kier alpha value is -1.02. The van der Waals surface area contributed by atoms with Gasteiger partial charge >= 0.3 is 0 Å². The highest BCUT2D eigenvalue weighted by molar-refractivity contribution is 5.40. The summed E-state index contributed by atoms with van der Waals surface area (Å²) in [7, 11) is 0. The lowest BCUT2D eigenvalue weighted by Crippen LogP contribution is -2.32. The van der Waals surface area contributed by atoms with Crippen LogP contribution in [-0.2, 0) is 0 Å². The molecule has 17 heavy (non-hydrogen) atoms. The first kappa shape index (κ1) is 14.0. The molecule has 2 N–H and O–H groups in total. The lowest BCUT2D eigenvalue weighted by molar-refractivity contribution is 0.226. The van der Waals surface area contributed by atoms with Crippen molar-refractivity contribution in [1.29, 1.82) is 0 Å². The highest BCUT2D eigenvalue weighted by atomic mass is 15.1. The molecule has 0 bridgehead atoms. The van der Waals surface area contributed by atoms with Crippen LogP contribution in [-0.4, -0.2) is 24.0 Å². The van der Waals surface area contributed by atoms with Crippen LogP contribution in [0.25, 0.3) is 0 Å². The zero-order valence-corrected chi connectivity index (χ0v) is 11.6. The predicted molar refractivity (Wildman–Crippen MR) is 76.3 cm³/mol. The van der Waals surface area contributed by atoms with Crippen molar-refractivity contribution >= 4 is 5.69 Å². The average Bonchev–Trinajstić information content (AvgIpc) is 2.30. The molecular formula is C15H26N2. The molecule has 2 heteroatoms. The number of anilines is 1. The van der Waals surface area contributed by atoms with Gasteiger partial charge in [-0.15, -0.1) is 0 Å². The molecule has 1 unspecified atom stereocenters. The van der Waals surface area contributed by atoms with Crippen LogP contribution in [0.3, 0.4) is 0 Å². The SMILES string of the molecule is CCN(CCC(C)c1ccc(N)cc1)C(C)C.